The molecule has 0 radical (unpaired) electrons. The Morgan fingerprint density at radius 2 is 1.92 bits per heavy atom. The summed E-state index contributed by atoms with van der Waals surface area (Å²) >= 11 is 0. The van der Waals surface area contributed by atoms with Crippen LogP contribution in [0.25, 0.3) is 0 Å². The summed E-state index contributed by atoms with van der Waals surface area (Å²) in [5.74, 6) is -0.485. The number of benzene rings is 1. The Hall–Kier alpha value is -3.23. The van der Waals surface area contributed by atoms with Crippen molar-refractivity contribution in [3.63, 3.8) is 0 Å². The van der Waals surface area contributed by atoms with E-state index in [1.807, 2.05) is 0 Å². The van der Waals surface area contributed by atoms with Crippen LogP contribution in [0.4, 0.5) is 11.4 Å². The maximum absolute atomic E-state index is 12.2. The SMILES string of the molecule is Cc1nn(CC(=O)Nc2ccc(C(=O)NC3CC3)cc2)c(C)c1[N+](=O)[O-]. The van der Waals surface area contributed by atoms with E-state index >= 15 is 0 Å². The third-order valence-corrected chi connectivity index (χ3v) is 4.16. The van der Waals surface area contributed by atoms with E-state index in [4.69, 9.17) is 0 Å². The molecule has 1 saturated carbocycles. The summed E-state index contributed by atoms with van der Waals surface area (Å²) in [5, 5.41) is 20.6. The first-order chi connectivity index (χ1) is 12.3. The zero-order chi connectivity index (χ0) is 18.8. The highest BCUT2D eigenvalue weighted by molar-refractivity contribution is 5.96. The minimum absolute atomic E-state index is 0.0798. The van der Waals surface area contributed by atoms with Gasteiger partial charge < -0.3 is 10.6 Å². The molecule has 1 aliphatic carbocycles. The number of aromatic nitrogens is 2. The molecule has 9 nitrogen and oxygen atoms in total. The van der Waals surface area contributed by atoms with Gasteiger partial charge in [0.2, 0.25) is 5.91 Å². The second-order valence-corrected chi connectivity index (χ2v) is 6.31. The number of carbonyl (C=O) groups is 2. The van der Waals surface area contributed by atoms with Crippen LogP contribution >= 0.6 is 0 Å². The molecule has 136 valence electrons. The molecule has 1 aromatic heterocycles. The molecular formula is C17H19N5O4. The third kappa shape index (κ3) is 3.88. The number of rotatable bonds is 6. The van der Waals surface area contributed by atoms with Gasteiger partial charge in [0, 0.05) is 17.3 Å². The topological polar surface area (TPSA) is 119 Å². The third-order valence-electron chi connectivity index (χ3n) is 4.16. The van der Waals surface area contributed by atoms with Gasteiger partial charge in [-0.1, -0.05) is 0 Å². The van der Waals surface area contributed by atoms with Gasteiger partial charge >= 0.3 is 5.69 Å². The normalized spacial score (nSPS) is 13.3. The summed E-state index contributed by atoms with van der Waals surface area (Å²) < 4.78 is 1.31. The molecule has 1 aliphatic rings. The van der Waals surface area contributed by atoms with Gasteiger partial charge in [-0.15, -0.1) is 0 Å². The highest BCUT2D eigenvalue weighted by Crippen LogP contribution is 2.22. The maximum atomic E-state index is 12.2. The molecule has 0 atom stereocenters. The molecule has 0 aliphatic heterocycles. The minimum atomic E-state index is -0.502. The Balaban J connectivity index is 1.62. The van der Waals surface area contributed by atoms with Crippen LogP contribution < -0.4 is 10.6 Å². The molecule has 1 fully saturated rings. The molecule has 26 heavy (non-hydrogen) atoms. The van der Waals surface area contributed by atoms with Crippen molar-refractivity contribution >= 4 is 23.2 Å². The molecule has 9 heteroatoms. The summed E-state index contributed by atoms with van der Waals surface area (Å²) in [5.41, 5.74) is 1.59. The van der Waals surface area contributed by atoms with E-state index in [2.05, 4.69) is 15.7 Å². The van der Waals surface area contributed by atoms with Crippen molar-refractivity contribution < 1.29 is 14.5 Å². The van der Waals surface area contributed by atoms with E-state index in [1.165, 1.54) is 11.6 Å². The lowest BCUT2D eigenvalue weighted by Crippen LogP contribution is -2.25. The number of hydrogen-bond acceptors (Lipinski definition) is 5. The first-order valence-electron chi connectivity index (χ1n) is 8.24. The minimum Gasteiger partial charge on any atom is -0.349 e. The van der Waals surface area contributed by atoms with E-state index < -0.39 is 4.92 Å². The number of nitrogens with one attached hydrogen (secondary N) is 2. The quantitative estimate of drug-likeness (QED) is 0.605. The Morgan fingerprint density at radius 3 is 2.46 bits per heavy atom. The summed E-state index contributed by atoms with van der Waals surface area (Å²) in [6.07, 6.45) is 2.04. The molecule has 0 bridgehead atoms. The van der Waals surface area contributed by atoms with Gasteiger partial charge in [0.1, 0.15) is 17.9 Å². The van der Waals surface area contributed by atoms with Crippen LogP contribution in [-0.2, 0) is 11.3 Å². The number of carbonyl (C=O) groups excluding carboxylic acids is 2. The van der Waals surface area contributed by atoms with Crippen LogP contribution in [0.1, 0.15) is 34.6 Å². The lowest BCUT2D eigenvalue weighted by molar-refractivity contribution is -0.386. The Bertz CT molecular complexity index is 868. The summed E-state index contributed by atoms with van der Waals surface area (Å²) in [6.45, 7) is 2.95. The van der Waals surface area contributed by atoms with Crippen molar-refractivity contribution in [2.45, 2.75) is 39.3 Å². The Kier molecular flexibility index (Phi) is 4.70. The largest absolute Gasteiger partial charge is 0.349 e. The number of nitrogens with zero attached hydrogens (tertiary/aromatic N) is 3. The first-order valence-corrected chi connectivity index (χ1v) is 8.24. The van der Waals surface area contributed by atoms with Crippen LogP contribution in [0.15, 0.2) is 24.3 Å². The standard InChI is InChI=1S/C17H19N5O4/c1-10-16(22(25)26)11(2)21(20-10)9-15(23)18-13-5-3-12(4-6-13)17(24)19-14-7-8-14/h3-6,14H,7-9H2,1-2H3,(H,18,23)(H,19,24). The van der Waals surface area contributed by atoms with E-state index in [1.54, 1.807) is 31.2 Å². The van der Waals surface area contributed by atoms with E-state index in [0.29, 0.717) is 16.9 Å². The van der Waals surface area contributed by atoms with E-state index in [9.17, 15) is 19.7 Å². The molecule has 3 rings (SSSR count). The first kappa shape index (κ1) is 17.6. The van der Waals surface area contributed by atoms with Gasteiger partial charge in [-0.3, -0.25) is 24.4 Å². The van der Waals surface area contributed by atoms with Crippen molar-refractivity contribution in [3.05, 3.63) is 51.3 Å². The van der Waals surface area contributed by atoms with Crippen molar-refractivity contribution in [1.29, 1.82) is 0 Å². The van der Waals surface area contributed by atoms with Gasteiger partial charge in [0.05, 0.1) is 4.92 Å². The monoisotopic (exact) mass is 357 g/mol. The number of amides is 2. The maximum Gasteiger partial charge on any atom is 0.312 e. The highest BCUT2D eigenvalue weighted by Gasteiger charge is 2.24. The molecule has 0 spiro atoms. The zero-order valence-corrected chi connectivity index (χ0v) is 14.5. The van der Waals surface area contributed by atoms with Crippen molar-refractivity contribution in [2.75, 3.05) is 5.32 Å². The molecular weight excluding hydrogens is 338 g/mol. The van der Waals surface area contributed by atoms with Crippen LogP contribution in [-0.4, -0.2) is 32.6 Å². The number of hydrogen-bond donors (Lipinski definition) is 2. The molecule has 2 amide bonds. The lowest BCUT2D eigenvalue weighted by Gasteiger charge is -2.08. The van der Waals surface area contributed by atoms with Crippen LogP contribution in [0.5, 0.6) is 0 Å². The smallest absolute Gasteiger partial charge is 0.312 e. The average molecular weight is 357 g/mol. The van der Waals surface area contributed by atoms with Crippen molar-refractivity contribution in [3.8, 4) is 0 Å². The average Bonchev–Trinajstić information content (AvgIpc) is 3.33. The molecule has 0 unspecified atom stereocenters. The summed E-state index contributed by atoms with van der Waals surface area (Å²) in [7, 11) is 0. The lowest BCUT2D eigenvalue weighted by atomic mass is 10.2. The predicted molar refractivity (Wildman–Crippen MR) is 93.9 cm³/mol. The number of nitro groups is 1. The number of aryl methyl sites for hydroxylation is 1. The van der Waals surface area contributed by atoms with E-state index in [0.717, 1.165) is 12.8 Å². The molecule has 2 aromatic rings. The predicted octanol–water partition coefficient (Wildman–Crippen LogP) is 1.94. The van der Waals surface area contributed by atoms with Gasteiger partial charge in [-0.25, -0.2) is 0 Å². The Morgan fingerprint density at radius 1 is 1.27 bits per heavy atom. The van der Waals surface area contributed by atoms with Gasteiger partial charge in [-0.05, 0) is 51.0 Å². The molecule has 1 heterocycles. The second kappa shape index (κ2) is 6.95. The fraction of sp³-hybridized carbons (Fsp3) is 0.353. The van der Waals surface area contributed by atoms with Gasteiger partial charge in [0.15, 0.2) is 0 Å². The van der Waals surface area contributed by atoms with Crippen molar-refractivity contribution in [1.82, 2.24) is 15.1 Å². The molecule has 0 saturated heterocycles. The second-order valence-electron chi connectivity index (χ2n) is 6.31. The van der Waals surface area contributed by atoms with Crippen molar-refractivity contribution in [2.24, 2.45) is 0 Å². The summed E-state index contributed by atoms with van der Waals surface area (Å²) in [6, 6.07) is 6.85. The molecule has 2 N–H and O–H groups in total. The Labute approximate surface area is 149 Å². The fourth-order valence-electron chi connectivity index (χ4n) is 2.64. The van der Waals surface area contributed by atoms with Gasteiger partial charge in [-0.2, -0.15) is 5.10 Å². The number of anilines is 1. The van der Waals surface area contributed by atoms with Crippen LogP contribution in [0.2, 0.25) is 0 Å². The highest BCUT2D eigenvalue weighted by atomic mass is 16.6. The zero-order valence-electron chi connectivity index (χ0n) is 14.5. The summed E-state index contributed by atoms with van der Waals surface area (Å²) in [4.78, 5) is 34.6. The molecule has 1 aromatic carbocycles. The van der Waals surface area contributed by atoms with Crippen LogP contribution in [0, 0.1) is 24.0 Å². The fourth-order valence-corrected chi connectivity index (χ4v) is 2.64. The van der Waals surface area contributed by atoms with Gasteiger partial charge in [0.25, 0.3) is 5.91 Å². The van der Waals surface area contributed by atoms with Crippen LogP contribution in [0.3, 0.4) is 0 Å². The van der Waals surface area contributed by atoms with E-state index in [-0.39, 0.29) is 35.8 Å².